The van der Waals surface area contributed by atoms with Gasteiger partial charge in [0.05, 0.1) is 19.2 Å². The van der Waals surface area contributed by atoms with Crippen LogP contribution in [0.4, 0.5) is 0 Å². The molecule has 20 heavy (non-hydrogen) atoms. The number of phenols is 1. The zero-order chi connectivity index (χ0) is 14.7. The third kappa shape index (κ3) is 2.77. The summed E-state index contributed by atoms with van der Waals surface area (Å²) in [5.74, 6) is 1.32. The average Bonchev–Trinajstić information content (AvgIpc) is 2.83. The Morgan fingerprint density at radius 3 is 2.70 bits per heavy atom. The van der Waals surface area contributed by atoms with E-state index >= 15 is 0 Å². The van der Waals surface area contributed by atoms with E-state index in [-0.39, 0.29) is 23.0 Å². The minimum Gasteiger partial charge on any atom is -0.504 e. The van der Waals surface area contributed by atoms with Gasteiger partial charge in [-0.05, 0) is 31.2 Å². The third-order valence-corrected chi connectivity index (χ3v) is 2.99. The maximum atomic E-state index is 12.3. The summed E-state index contributed by atoms with van der Waals surface area (Å²) in [6.45, 7) is 2.18. The molecular formula is C15H17NO4. The van der Waals surface area contributed by atoms with Crippen molar-refractivity contribution in [2.75, 3.05) is 14.2 Å². The van der Waals surface area contributed by atoms with Crippen molar-refractivity contribution in [3.8, 4) is 11.5 Å². The lowest BCUT2D eigenvalue weighted by molar-refractivity contribution is 0.0771. The van der Waals surface area contributed by atoms with Gasteiger partial charge in [0.25, 0.3) is 5.91 Å². The zero-order valence-corrected chi connectivity index (χ0v) is 11.7. The number of carbonyl (C=O) groups is 1. The Morgan fingerprint density at radius 1 is 1.35 bits per heavy atom. The maximum Gasteiger partial charge on any atom is 0.257 e. The van der Waals surface area contributed by atoms with Gasteiger partial charge in [0, 0.05) is 7.05 Å². The first-order valence-electron chi connectivity index (χ1n) is 6.19. The van der Waals surface area contributed by atoms with Crippen molar-refractivity contribution in [2.45, 2.75) is 13.5 Å². The molecule has 1 heterocycles. The molecule has 106 valence electrons. The van der Waals surface area contributed by atoms with Gasteiger partial charge in [0.2, 0.25) is 0 Å². The number of furan rings is 1. The van der Waals surface area contributed by atoms with Crippen LogP contribution in [0.15, 0.2) is 34.7 Å². The number of rotatable bonds is 4. The lowest BCUT2D eigenvalue weighted by Gasteiger charge is -2.17. The predicted octanol–water partition coefficient (Wildman–Crippen LogP) is 2.57. The molecular weight excluding hydrogens is 258 g/mol. The normalized spacial score (nSPS) is 10.3. The summed E-state index contributed by atoms with van der Waals surface area (Å²) in [4.78, 5) is 13.8. The Labute approximate surface area is 117 Å². The van der Waals surface area contributed by atoms with E-state index in [9.17, 15) is 9.90 Å². The molecule has 1 N–H and O–H groups in total. The Balaban J connectivity index is 2.18. The van der Waals surface area contributed by atoms with Crippen LogP contribution in [0.3, 0.4) is 0 Å². The summed E-state index contributed by atoms with van der Waals surface area (Å²) in [5, 5.41) is 9.98. The van der Waals surface area contributed by atoms with Crippen molar-refractivity contribution in [2.24, 2.45) is 0 Å². The molecule has 0 radical (unpaired) electrons. The summed E-state index contributed by atoms with van der Waals surface area (Å²) >= 11 is 0. The van der Waals surface area contributed by atoms with Gasteiger partial charge >= 0.3 is 0 Å². The fourth-order valence-electron chi connectivity index (χ4n) is 1.94. The second kappa shape index (κ2) is 5.69. The van der Waals surface area contributed by atoms with Crippen molar-refractivity contribution in [1.29, 1.82) is 0 Å². The molecule has 1 aromatic heterocycles. The molecule has 0 fully saturated rings. The monoisotopic (exact) mass is 275 g/mol. The van der Waals surface area contributed by atoms with Crippen LogP contribution in [-0.2, 0) is 6.54 Å². The Kier molecular flexibility index (Phi) is 3.98. The Morgan fingerprint density at radius 2 is 2.10 bits per heavy atom. The number of ether oxygens (including phenoxy) is 1. The number of carbonyl (C=O) groups excluding carboxylic acids is 1. The van der Waals surface area contributed by atoms with Crippen LogP contribution >= 0.6 is 0 Å². The minimum atomic E-state index is -0.296. The molecule has 2 aromatic rings. The molecule has 5 nitrogen and oxygen atoms in total. The molecule has 5 heteroatoms. The number of para-hydroxylation sites is 1. The number of aryl methyl sites for hydroxylation is 1. The molecule has 0 atom stereocenters. The number of amides is 1. The largest absolute Gasteiger partial charge is 0.504 e. The number of aromatic hydroxyl groups is 1. The molecule has 1 aromatic carbocycles. The van der Waals surface area contributed by atoms with Crippen LogP contribution in [0.2, 0.25) is 0 Å². The number of benzene rings is 1. The molecule has 0 spiro atoms. The molecule has 1 amide bonds. The quantitative estimate of drug-likeness (QED) is 0.931. The van der Waals surface area contributed by atoms with Gasteiger partial charge < -0.3 is 19.2 Å². The van der Waals surface area contributed by atoms with Gasteiger partial charge in [-0.25, -0.2) is 0 Å². The highest BCUT2D eigenvalue weighted by Crippen LogP contribution is 2.30. The van der Waals surface area contributed by atoms with Crippen molar-refractivity contribution in [1.82, 2.24) is 4.90 Å². The van der Waals surface area contributed by atoms with E-state index in [1.54, 1.807) is 25.2 Å². The fourth-order valence-corrected chi connectivity index (χ4v) is 1.94. The van der Waals surface area contributed by atoms with E-state index in [4.69, 9.17) is 9.15 Å². The SMILES string of the molecule is COc1cccc(C(=O)N(C)Cc2ccc(C)o2)c1O. The Bertz CT molecular complexity index is 618. The smallest absolute Gasteiger partial charge is 0.257 e. The van der Waals surface area contributed by atoms with Crippen LogP contribution in [-0.4, -0.2) is 30.1 Å². The van der Waals surface area contributed by atoms with E-state index in [0.29, 0.717) is 12.3 Å². The van der Waals surface area contributed by atoms with E-state index < -0.39 is 0 Å². The standard InChI is InChI=1S/C15H17NO4/c1-10-7-8-11(20-10)9-16(2)15(18)12-5-4-6-13(19-3)14(12)17/h4-8,17H,9H2,1-3H3. The molecule has 0 aliphatic rings. The molecule has 2 rings (SSSR count). The van der Waals surface area contributed by atoms with Gasteiger partial charge in [-0.2, -0.15) is 0 Å². The van der Waals surface area contributed by atoms with Crippen molar-refractivity contribution < 1.29 is 19.1 Å². The van der Waals surface area contributed by atoms with Crippen LogP contribution in [0.1, 0.15) is 21.9 Å². The van der Waals surface area contributed by atoms with Gasteiger partial charge in [0.15, 0.2) is 11.5 Å². The first kappa shape index (κ1) is 14.0. The summed E-state index contributed by atoms with van der Waals surface area (Å²) in [5.41, 5.74) is 0.204. The van der Waals surface area contributed by atoms with Gasteiger partial charge in [-0.3, -0.25) is 4.79 Å². The molecule has 0 bridgehead atoms. The highest BCUT2D eigenvalue weighted by Gasteiger charge is 2.19. The zero-order valence-electron chi connectivity index (χ0n) is 11.7. The first-order valence-corrected chi connectivity index (χ1v) is 6.19. The van der Waals surface area contributed by atoms with Gasteiger partial charge in [-0.15, -0.1) is 0 Å². The van der Waals surface area contributed by atoms with Crippen LogP contribution in [0, 0.1) is 6.92 Å². The topological polar surface area (TPSA) is 62.9 Å². The third-order valence-electron chi connectivity index (χ3n) is 2.99. The summed E-state index contributed by atoms with van der Waals surface area (Å²) in [6.07, 6.45) is 0. The van der Waals surface area contributed by atoms with Crippen LogP contribution in [0.5, 0.6) is 11.5 Å². The van der Waals surface area contributed by atoms with Crippen molar-refractivity contribution in [3.63, 3.8) is 0 Å². The predicted molar refractivity (Wildman–Crippen MR) is 73.9 cm³/mol. The molecule has 0 aliphatic heterocycles. The second-order valence-electron chi connectivity index (χ2n) is 4.53. The number of nitrogens with zero attached hydrogens (tertiary/aromatic N) is 1. The summed E-state index contributed by atoms with van der Waals surface area (Å²) < 4.78 is 10.4. The highest BCUT2D eigenvalue weighted by atomic mass is 16.5. The number of phenolic OH excluding ortho intramolecular Hbond substituents is 1. The summed E-state index contributed by atoms with van der Waals surface area (Å²) in [7, 11) is 3.09. The van der Waals surface area contributed by atoms with Crippen LogP contribution in [0.25, 0.3) is 0 Å². The fraction of sp³-hybridized carbons (Fsp3) is 0.267. The van der Waals surface area contributed by atoms with E-state index in [0.717, 1.165) is 5.76 Å². The molecule has 0 saturated heterocycles. The summed E-state index contributed by atoms with van der Waals surface area (Å²) in [6, 6.07) is 8.49. The lowest BCUT2D eigenvalue weighted by Crippen LogP contribution is -2.26. The lowest BCUT2D eigenvalue weighted by atomic mass is 10.1. The molecule has 0 aliphatic carbocycles. The van der Waals surface area contributed by atoms with E-state index in [1.807, 2.05) is 19.1 Å². The molecule has 0 saturated carbocycles. The first-order chi connectivity index (χ1) is 9.52. The van der Waals surface area contributed by atoms with E-state index in [2.05, 4.69) is 0 Å². The molecule has 0 unspecified atom stereocenters. The number of hydrogen-bond acceptors (Lipinski definition) is 4. The van der Waals surface area contributed by atoms with Crippen molar-refractivity contribution >= 4 is 5.91 Å². The van der Waals surface area contributed by atoms with Gasteiger partial charge in [0.1, 0.15) is 11.5 Å². The van der Waals surface area contributed by atoms with Crippen LogP contribution < -0.4 is 4.74 Å². The number of hydrogen-bond donors (Lipinski definition) is 1. The van der Waals surface area contributed by atoms with Gasteiger partial charge in [-0.1, -0.05) is 6.07 Å². The second-order valence-corrected chi connectivity index (χ2v) is 4.53. The highest BCUT2D eigenvalue weighted by molar-refractivity contribution is 5.97. The maximum absolute atomic E-state index is 12.3. The van der Waals surface area contributed by atoms with Crippen molar-refractivity contribution in [3.05, 3.63) is 47.4 Å². The van der Waals surface area contributed by atoms with E-state index in [1.165, 1.54) is 12.0 Å². The Hall–Kier alpha value is -2.43. The number of methoxy groups -OCH3 is 1. The average molecular weight is 275 g/mol. The minimum absolute atomic E-state index is 0.150.